The number of ether oxygens (including phenoxy) is 1. The molecule has 0 fully saturated rings. The molecule has 2 aliphatic carbocycles. The number of benzene rings is 9. The molecule has 0 saturated carbocycles. The minimum Gasteiger partial charge on any atom is -0.456 e. The Morgan fingerprint density at radius 2 is 0.754 bits per heavy atom. The summed E-state index contributed by atoms with van der Waals surface area (Å²) in [5.74, 6) is 1.69. The number of fused-ring (bicyclic) bond motifs is 8. The van der Waals surface area contributed by atoms with E-state index in [1.165, 1.54) is 50.1 Å². The van der Waals surface area contributed by atoms with Crippen molar-refractivity contribution in [1.82, 2.24) is 0 Å². The lowest BCUT2D eigenvalue weighted by atomic mass is 9.82. The summed E-state index contributed by atoms with van der Waals surface area (Å²) < 4.78 is 7.12. The predicted octanol–water partition coefficient (Wildman–Crippen LogP) is 16.2. The van der Waals surface area contributed by atoms with Gasteiger partial charge in [0.2, 0.25) is 0 Å². The Hall–Kier alpha value is -7.36. The van der Waals surface area contributed by atoms with E-state index in [9.17, 15) is 0 Å². The van der Waals surface area contributed by atoms with Gasteiger partial charge in [0.15, 0.2) is 0 Å². The zero-order chi connectivity index (χ0) is 41.0. The fourth-order valence-electron chi connectivity index (χ4n) is 10.6. The van der Waals surface area contributed by atoms with Gasteiger partial charge in [0, 0.05) is 62.3 Å². The minimum absolute atomic E-state index is 0.141. The van der Waals surface area contributed by atoms with Crippen LogP contribution in [0.15, 0.2) is 194 Å². The maximum Gasteiger partial charge on any atom is 0.138 e. The van der Waals surface area contributed by atoms with Gasteiger partial charge in [-0.2, -0.15) is 0 Å². The second-order valence-corrected chi connectivity index (χ2v) is 17.8. The van der Waals surface area contributed by atoms with Gasteiger partial charge in [0.1, 0.15) is 11.5 Å². The second-order valence-electron chi connectivity index (χ2n) is 17.8. The van der Waals surface area contributed by atoms with Crippen molar-refractivity contribution in [2.75, 3.05) is 9.80 Å². The molecule has 0 bridgehead atoms. The second kappa shape index (κ2) is 13.1. The third-order valence-corrected chi connectivity index (χ3v) is 13.6. The average Bonchev–Trinajstić information content (AvgIpc) is 3.66. The standard InChI is InChI=1S/C58H44N2O/c1-57(2)50-24-13-11-21-44(50)46-29-26-40(33-52(46)57)60(41-27-30-47-45-22-12-14-25-51(45)58(3,4)53(47)34-41)43-32-37-16-15-23-49-48-31-28-42(35-54(48)61-55(36-43)56(37)49)59(38-17-7-5-8-18-38)39-19-9-6-10-20-39/h5-36H,1-4H3. The Balaban J connectivity index is 1.03. The largest absolute Gasteiger partial charge is 0.456 e. The summed E-state index contributed by atoms with van der Waals surface area (Å²) in [5, 5.41) is 2.27. The van der Waals surface area contributed by atoms with E-state index in [1.807, 2.05) is 0 Å². The van der Waals surface area contributed by atoms with E-state index >= 15 is 0 Å². The minimum atomic E-state index is -0.141. The Kier molecular flexibility index (Phi) is 7.62. The van der Waals surface area contributed by atoms with Gasteiger partial charge in [0.05, 0.1) is 5.69 Å². The molecule has 0 spiro atoms. The van der Waals surface area contributed by atoms with Crippen LogP contribution in [0, 0.1) is 0 Å². The maximum atomic E-state index is 7.12. The third-order valence-electron chi connectivity index (χ3n) is 13.6. The third kappa shape index (κ3) is 5.30. The number of hydrogen-bond donors (Lipinski definition) is 0. The van der Waals surface area contributed by atoms with E-state index in [-0.39, 0.29) is 10.8 Å². The van der Waals surface area contributed by atoms with Crippen LogP contribution >= 0.6 is 0 Å². The van der Waals surface area contributed by atoms with Crippen LogP contribution in [-0.2, 0) is 10.8 Å². The quantitative estimate of drug-likeness (QED) is 0.167. The summed E-state index contributed by atoms with van der Waals surface area (Å²) in [6.45, 7) is 9.44. The molecule has 61 heavy (non-hydrogen) atoms. The average molecular weight is 785 g/mol. The van der Waals surface area contributed by atoms with Gasteiger partial charge in [-0.1, -0.05) is 143 Å². The SMILES string of the molecule is CC1(C)c2ccccc2-c2ccc(N(c3ccc4c(c3)C(C)(C)c3ccccc3-4)c3cc4c5c(cccc5c3)-c3ccc(N(c5ccccc5)c5ccccc5)cc3O4)cc21. The monoisotopic (exact) mass is 784 g/mol. The van der Waals surface area contributed by atoms with Crippen LogP contribution in [0.5, 0.6) is 11.5 Å². The lowest BCUT2D eigenvalue weighted by Gasteiger charge is -2.31. The summed E-state index contributed by atoms with van der Waals surface area (Å²) in [5.41, 5.74) is 19.2. The van der Waals surface area contributed by atoms with E-state index in [4.69, 9.17) is 4.74 Å². The molecule has 3 heteroatoms. The topological polar surface area (TPSA) is 15.7 Å². The summed E-state index contributed by atoms with van der Waals surface area (Å²) in [4.78, 5) is 4.74. The highest BCUT2D eigenvalue weighted by molar-refractivity contribution is 6.07. The Morgan fingerprint density at radius 3 is 1.33 bits per heavy atom. The molecule has 9 aromatic carbocycles. The van der Waals surface area contributed by atoms with Gasteiger partial charge in [-0.25, -0.2) is 0 Å². The van der Waals surface area contributed by atoms with Crippen LogP contribution in [-0.4, -0.2) is 0 Å². The van der Waals surface area contributed by atoms with E-state index in [0.29, 0.717) is 0 Å². The molecule has 1 aliphatic heterocycles. The fourth-order valence-corrected chi connectivity index (χ4v) is 10.6. The lowest BCUT2D eigenvalue weighted by Crippen LogP contribution is -2.18. The van der Waals surface area contributed by atoms with Crippen LogP contribution in [0.25, 0.3) is 44.2 Å². The van der Waals surface area contributed by atoms with Crippen LogP contribution in [0.2, 0.25) is 0 Å². The number of nitrogens with zero attached hydrogens (tertiary/aromatic N) is 2. The zero-order valence-corrected chi connectivity index (χ0v) is 34.8. The van der Waals surface area contributed by atoms with Crippen LogP contribution < -0.4 is 14.5 Å². The molecule has 0 N–H and O–H groups in total. The fraction of sp³-hybridized carbons (Fsp3) is 0.103. The number of anilines is 6. The normalized spacial score (nSPS) is 14.3. The number of hydrogen-bond acceptors (Lipinski definition) is 3. The van der Waals surface area contributed by atoms with E-state index in [0.717, 1.165) is 62.0 Å². The number of rotatable bonds is 6. The Labute approximate surface area is 357 Å². The summed E-state index contributed by atoms with van der Waals surface area (Å²) in [6.07, 6.45) is 0. The number of para-hydroxylation sites is 2. The van der Waals surface area contributed by atoms with E-state index < -0.39 is 0 Å². The van der Waals surface area contributed by atoms with Crippen molar-refractivity contribution >= 4 is 44.9 Å². The molecule has 0 radical (unpaired) electrons. The van der Waals surface area contributed by atoms with Gasteiger partial charge >= 0.3 is 0 Å². The summed E-state index contributed by atoms with van der Waals surface area (Å²) in [6, 6.07) is 70.9. The molecule has 0 amide bonds. The smallest absolute Gasteiger partial charge is 0.138 e. The molecule has 0 unspecified atom stereocenters. The maximum absolute atomic E-state index is 7.12. The first-order chi connectivity index (χ1) is 29.8. The zero-order valence-electron chi connectivity index (χ0n) is 34.8. The van der Waals surface area contributed by atoms with Crippen LogP contribution in [0.1, 0.15) is 49.9 Å². The van der Waals surface area contributed by atoms with Crippen molar-refractivity contribution in [2.45, 2.75) is 38.5 Å². The first-order valence-electron chi connectivity index (χ1n) is 21.3. The van der Waals surface area contributed by atoms with Crippen molar-refractivity contribution in [1.29, 1.82) is 0 Å². The highest BCUT2D eigenvalue weighted by Gasteiger charge is 2.38. The molecule has 12 rings (SSSR count). The van der Waals surface area contributed by atoms with E-state index in [2.05, 4.69) is 232 Å². The van der Waals surface area contributed by atoms with Gasteiger partial charge < -0.3 is 14.5 Å². The van der Waals surface area contributed by atoms with Crippen molar-refractivity contribution in [3.8, 4) is 44.9 Å². The molecule has 1 heterocycles. The molecule has 0 saturated heterocycles. The predicted molar refractivity (Wildman–Crippen MR) is 254 cm³/mol. The molecule has 3 aliphatic rings. The highest BCUT2D eigenvalue weighted by atomic mass is 16.5. The lowest BCUT2D eigenvalue weighted by molar-refractivity contribution is 0.487. The van der Waals surface area contributed by atoms with Crippen molar-refractivity contribution in [3.63, 3.8) is 0 Å². The first-order valence-corrected chi connectivity index (χ1v) is 21.3. The molecule has 0 aromatic heterocycles. The Morgan fingerprint density at radius 1 is 0.311 bits per heavy atom. The molecule has 3 nitrogen and oxygen atoms in total. The van der Waals surface area contributed by atoms with Crippen LogP contribution in [0.4, 0.5) is 34.1 Å². The van der Waals surface area contributed by atoms with E-state index in [1.54, 1.807) is 0 Å². The molecular formula is C58H44N2O. The molecule has 9 aromatic rings. The van der Waals surface area contributed by atoms with Crippen LogP contribution in [0.3, 0.4) is 0 Å². The first kappa shape index (κ1) is 35.6. The van der Waals surface area contributed by atoms with Gasteiger partial charge in [-0.3, -0.25) is 0 Å². The summed E-state index contributed by atoms with van der Waals surface area (Å²) >= 11 is 0. The van der Waals surface area contributed by atoms with Crippen molar-refractivity contribution in [3.05, 3.63) is 216 Å². The Bertz CT molecular complexity index is 3090. The van der Waals surface area contributed by atoms with Gasteiger partial charge in [0.25, 0.3) is 0 Å². The van der Waals surface area contributed by atoms with Gasteiger partial charge in [-0.05, 0) is 122 Å². The molecule has 292 valence electrons. The van der Waals surface area contributed by atoms with Crippen molar-refractivity contribution < 1.29 is 4.74 Å². The van der Waals surface area contributed by atoms with Crippen molar-refractivity contribution in [2.24, 2.45) is 0 Å². The molecule has 0 atom stereocenters. The summed E-state index contributed by atoms with van der Waals surface area (Å²) in [7, 11) is 0. The molecular weight excluding hydrogens is 741 g/mol. The van der Waals surface area contributed by atoms with Gasteiger partial charge in [-0.15, -0.1) is 0 Å². The highest BCUT2D eigenvalue weighted by Crippen LogP contribution is 2.55.